The number of rotatable bonds is 10. The Labute approximate surface area is 188 Å². The number of nitrogen functional groups attached to an aromatic ring is 1. The SMILES string of the molecule is C[C@H](Cc1cccc(CC(=O)NCc2cccc(O)c2)c1)NC[C@@H](O)c1ccc(N)nc1. The topological polar surface area (TPSA) is 120 Å². The number of phenols is 1. The molecule has 0 saturated carbocycles. The summed E-state index contributed by atoms with van der Waals surface area (Å²) in [4.78, 5) is 16.3. The van der Waals surface area contributed by atoms with Crippen molar-refractivity contribution in [1.29, 1.82) is 0 Å². The molecule has 3 aromatic rings. The van der Waals surface area contributed by atoms with Crippen LogP contribution in [-0.4, -0.2) is 33.7 Å². The number of aliphatic hydroxyl groups is 1. The van der Waals surface area contributed by atoms with Crippen LogP contribution in [0, 0.1) is 0 Å². The number of nitrogens with one attached hydrogen (secondary N) is 2. The summed E-state index contributed by atoms with van der Waals surface area (Å²) in [7, 11) is 0. The molecule has 7 nitrogen and oxygen atoms in total. The van der Waals surface area contributed by atoms with Crippen LogP contribution in [0.3, 0.4) is 0 Å². The highest BCUT2D eigenvalue weighted by Crippen LogP contribution is 2.14. The smallest absolute Gasteiger partial charge is 0.224 e. The molecule has 0 aliphatic heterocycles. The zero-order valence-electron chi connectivity index (χ0n) is 18.2. The highest BCUT2D eigenvalue weighted by Gasteiger charge is 2.11. The van der Waals surface area contributed by atoms with E-state index in [9.17, 15) is 15.0 Å². The molecule has 0 aliphatic carbocycles. The number of phenolic OH excluding ortho intramolecular Hbond substituents is 1. The van der Waals surface area contributed by atoms with E-state index < -0.39 is 6.10 Å². The van der Waals surface area contributed by atoms with Gasteiger partial charge >= 0.3 is 0 Å². The first-order valence-electron chi connectivity index (χ1n) is 10.6. The average Bonchev–Trinajstić information content (AvgIpc) is 2.77. The first kappa shape index (κ1) is 23.2. The zero-order chi connectivity index (χ0) is 22.9. The Bertz CT molecular complexity index is 1020. The molecule has 2 aromatic carbocycles. The summed E-state index contributed by atoms with van der Waals surface area (Å²) in [6.45, 7) is 2.84. The summed E-state index contributed by atoms with van der Waals surface area (Å²) in [5.74, 6) is 0.539. The van der Waals surface area contributed by atoms with E-state index in [2.05, 4.69) is 22.5 Å². The van der Waals surface area contributed by atoms with E-state index in [0.717, 1.165) is 28.7 Å². The number of pyridine rings is 1. The van der Waals surface area contributed by atoms with Crippen LogP contribution in [0.15, 0.2) is 66.9 Å². The Hall–Kier alpha value is -3.42. The van der Waals surface area contributed by atoms with Crippen molar-refractivity contribution in [2.45, 2.75) is 38.5 Å². The summed E-state index contributed by atoms with van der Waals surface area (Å²) < 4.78 is 0. The van der Waals surface area contributed by atoms with Gasteiger partial charge in [0.15, 0.2) is 0 Å². The molecular weight excluding hydrogens is 404 g/mol. The van der Waals surface area contributed by atoms with Gasteiger partial charge in [-0.25, -0.2) is 4.98 Å². The molecule has 168 valence electrons. The molecule has 0 bridgehead atoms. The van der Waals surface area contributed by atoms with Gasteiger partial charge in [-0.2, -0.15) is 0 Å². The summed E-state index contributed by atoms with van der Waals surface area (Å²) in [6, 6.07) is 18.4. The van der Waals surface area contributed by atoms with Crippen molar-refractivity contribution in [3.05, 3.63) is 89.1 Å². The van der Waals surface area contributed by atoms with Crippen LogP contribution in [-0.2, 0) is 24.2 Å². The fourth-order valence-corrected chi connectivity index (χ4v) is 3.45. The number of hydrogen-bond acceptors (Lipinski definition) is 6. The summed E-state index contributed by atoms with van der Waals surface area (Å²) in [6.07, 6.45) is 1.98. The predicted molar refractivity (Wildman–Crippen MR) is 125 cm³/mol. The van der Waals surface area contributed by atoms with Crippen LogP contribution in [0.4, 0.5) is 5.82 Å². The van der Waals surface area contributed by atoms with E-state index >= 15 is 0 Å². The molecular formula is C25H30N4O3. The molecule has 7 heteroatoms. The number of carbonyl (C=O) groups excluding carboxylic acids is 1. The van der Waals surface area contributed by atoms with Gasteiger partial charge in [0.25, 0.3) is 0 Å². The fraction of sp³-hybridized carbons (Fsp3) is 0.280. The highest BCUT2D eigenvalue weighted by atomic mass is 16.3. The maximum atomic E-state index is 12.3. The van der Waals surface area contributed by atoms with E-state index in [1.54, 1.807) is 36.5 Å². The van der Waals surface area contributed by atoms with E-state index in [4.69, 9.17) is 5.73 Å². The first-order valence-corrected chi connectivity index (χ1v) is 10.6. The van der Waals surface area contributed by atoms with Crippen molar-refractivity contribution in [3.63, 3.8) is 0 Å². The number of anilines is 1. The second-order valence-corrected chi connectivity index (χ2v) is 7.99. The van der Waals surface area contributed by atoms with Crippen LogP contribution in [0.25, 0.3) is 0 Å². The van der Waals surface area contributed by atoms with Crippen molar-refractivity contribution in [3.8, 4) is 5.75 Å². The lowest BCUT2D eigenvalue weighted by Gasteiger charge is -2.18. The van der Waals surface area contributed by atoms with Crippen LogP contribution in [0.1, 0.15) is 35.3 Å². The Kier molecular flexibility index (Phi) is 8.19. The zero-order valence-corrected chi connectivity index (χ0v) is 18.2. The minimum Gasteiger partial charge on any atom is -0.508 e. The monoisotopic (exact) mass is 434 g/mol. The van der Waals surface area contributed by atoms with Gasteiger partial charge in [-0.1, -0.05) is 42.5 Å². The number of nitrogens with zero attached hydrogens (tertiary/aromatic N) is 1. The van der Waals surface area contributed by atoms with Gasteiger partial charge in [0, 0.05) is 30.9 Å². The lowest BCUT2D eigenvalue weighted by molar-refractivity contribution is -0.120. The summed E-state index contributed by atoms with van der Waals surface area (Å²) >= 11 is 0. The molecule has 0 fully saturated rings. The Morgan fingerprint density at radius 1 is 1.06 bits per heavy atom. The van der Waals surface area contributed by atoms with Gasteiger partial charge in [-0.15, -0.1) is 0 Å². The highest BCUT2D eigenvalue weighted by molar-refractivity contribution is 5.78. The van der Waals surface area contributed by atoms with Crippen LogP contribution in [0.5, 0.6) is 5.75 Å². The van der Waals surface area contributed by atoms with E-state index in [1.807, 2.05) is 30.3 Å². The Balaban J connectivity index is 1.46. The minimum atomic E-state index is -0.660. The standard InChI is InChI=1S/C25H30N4O3/c1-17(27-16-23(31)21-8-9-24(26)28-15-21)10-18-4-2-5-19(11-18)13-25(32)29-14-20-6-3-7-22(30)12-20/h2-9,11-12,15,17,23,27,30-31H,10,13-14,16H2,1H3,(H2,26,28)(H,29,32)/t17-,23-/m1/s1. The van der Waals surface area contributed by atoms with E-state index in [-0.39, 0.29) is 24.1 Å². The number of aliphatic hydroxyl groups excluding tert-OH is 1. The summed E-state index contributed by atoms with van der Waals surface area (Å²) in [5.41, 5.74) is 9.21. The third-order valence-electron chi connectivity index (χ3n) is 5.15. The molecule has 0 spiro atoms. The van der Waals surface area contributed by atoms with Crippen molar-refractivity contribution >= 4 is 11.7 Å². The van der Waals surface area contributed by atoms with Crippen LogP contribution < -0.4 is 16.4 Å². The number of nitrogens with two attached hydrogens (primary N) is 1. The fourth-order valence-electron chi connectivity index (χ4n) is 3.45. The van der Waals surface area contributed by atoms with Crippen molar-refractivity contribution < 1.29 is 15.0 Å². The molecule has 0 aliphatic rings. The molecule has 32 heavy (non-hydrogen) atoms. The molecule has 1 heterocycles. The molecule has 2 atom stereocenters. The largest absolute Gasteiger partial charge is 0.508 e. The predicted octanol–water partition coefficient (Wildman–Crippen LogP) is 2.48. The number of aromatic nitrogens is 1. The van der Waals surface area contributed by atoms with Gasteiger partial charge in [-0.05, 0) is 48.2 Å². The third-order valence-corrected chi connectivity index (χ3v) is 5.15. The molecule has 0 saturated heterocycles. The number of aromatic hydroxyl groups is 1. The first-order chi connectivity index (χ1) is 15.4. The minimum absolute atomic E-state index is 0.0723. The lowest BCUT2D eigenvalue weighted by atomic mass is 10.0. The Morgan fingerprint density at radius 2 is 1.81 bits per heavy atom. The Morgan fingerprint density at radius 3 is 2.56 bits per heavy atom. The lowest BCUT2D eigenvalue weighted by Crippen LogP contribution is -2.32. The van der Waals surface area contributed by atoms with Gasteiger partial charge in [0.05, 0.1) is 12.5 Å². The normalized spacial score (nSPS) is 12.8. The molecule has 0 radical (unpaired) electrons. The molecule has 6 N–H and O–H groups in total. The third kappa shape index (κ3) is 7.37. The molecule has 1 amide bonds. The second-order valence-electron chi connectivity index (χ2n) is 7.99. The van der Waals surface area contributed by atoms with Crippen LogP contribution in [0.2, 0.25) is 0 Å². The number of amides is 1. The van der Waals surface area contributed by atoms with Gasteiger partial charge in [-0.3, -0.25) is 4.79 Å². The molecule has 3 rings (SSSR count). The maximum Gasteiger partial charge on any atom is 0.224 e. The molecule has 1 aromatic heterocycles. The number of benzene rings is 2. The van der Waals surface area contributed by atoms with Gasteiger partial charge in [0.2, 0.25) is 5.91 Å². The van der Waals surface area contributed by atoms with Crippen molar-refractivity contribution in [2.75, 3.05) is 12.3 Å². The second kappa shape index (κ2) is 11.3. The van der Waals surface area contributed by atoms with Crippen molar-refractivity contribution in [2.24, 2.45) is 0 Å². The van der Waals surface area contributed by atoms with Gasteiger partial charge < -0.3 is 26.6 Å². The van der Waals surface area contributed by atoms with Crippen LogP contribution >= 0.6 is 0 Å². The average molecular weight is 435 g/mol. The van der Waals surface area contributed by atoms with E-state index in [0.29, 0.717) is 18.9 Å². The van der Waals surface area contributed by atoms with Gasteiger partial charge in [0.1, 0.15) is 11.6 Å². The maximum absolute atomic E-state index is 12.3. The van der Waals surface area contributed by atoms with Crippen molar-refractivity contribution in [1.82, 2.24) is 15.6 Å². The quantitative estimate of drug-likeness (QED) is 0.334. The van der Waals surface area contributed by atoms with E-state index in [1.165, 1.54) is 0 Å². The molecule has 0 unspecified atom stereocenters. The summed E-state index contributed by atoms with van der Waals surface area (Å²) in [5, 5.41) is 26.1. The number of hydrogen-bond donors (Lipinski definition) is 5. The number of carbonyl (C=O) groups is 1.